The van der Waals surface area contributed by atoms with Crippen molar-refractivity contribution >= 4 is 29.6 Å². The van der Waals surface area contributed by atoms with Crippen molar-refractivity contribution in [3.8, 4) is 0 Å². The molecule has 0 N–H and O–H groups in total. The summed E-state index contributed by atoms with van der Waals surface area (Å²) >= 11 is 0. The van der Waals surface area contributed by atoms with Crippen molar-refractivity contribution in [3.63, 3.8) is 0 Å². The summed E-state index contributed by atoms with van der Waals surface area (Å²) in [7, 11) is -12.7. The molecule has 0 aliphatic heterocycles. The van der Waals surface area contributed by atoms with Gasteiger partial charge in [-0.1, -0.05) is 200 Å². The van der Waals surface area contributed by atoms with Crippen LogP contribution in [0.3, 0.4) is 0 Å². The SMILES string of the molecule is [C-]1=CCC/C=C\CC1.[C-]1=CCC/C=C\CC1.[C-]1=CCC/C=C\CC1.[C-]1=CCC/C=C\CC1.[C-]1=CCC/C=C\CC1.[C-]1=CCC/C=C\CC1.[C-]1=CCC/C=C\CC1.[C-]1=CCC/C=C\CC1.[O-]B([O-])F.[O-]B([O-])F.[O-]B([O-])F.[O-]B([O-])F.[Rh+2].[Rh+2].[Rh+2].[Rh+2].[Rh+2].[Rh+2].[Rh+2].[Rh+2]. The Bertz CT molecular complexity index is 1190. The van der Waals surface area contributed by atoms with Crippen molar-refractivity contribution in [2.45, 2.75) is 205 Å². The molecule has 8 rings (SSSR count). The molecule has 8 nitrogen and oxygen atoms in total. The summed E-state index contributed by atoms with van der Waals surface area (Å²) in [6, 6.07) is 0. The third-order valence-electron chi connectivity index (χ3n) is 9.95. The molecule has 0 aromatic carbocycles. The summed E-state index contributed by atoms with van der Waals surface area (Å²) in [4.78, 5) is 0. The minimum absolute atomic E-state index is 0. The average molecular weight is 1930 g/mol. The van der Waals surface area contributed by atoms with Crippen molar-refractivity contribution in [1.82, 2.24) is 0 Å². The molecule has 24 heteroatoms. The van der Waals surface area contributed by atoms with Crippen LogP contribution in [0.25, 0.3) is 0 Å². The Morgan fingerprint density at radius 3 is 0.341 bits per heavy atom. The molecule has 0 saturated heterocycles. The van der Waals surface area contributed by atoms with Gasteiger partial charge in [0.05, 0.1) is 0 Å². The van der Waals surface area contributed by atoms with Crippen LogP contribution in [0.4, 0.5) is 17.3 Å². The minimum atomic E-state index is -3.17. The Hall–Kier alpha value is 0.487. The summed E-state index contributed by atoms with van der Waals surface area (Å²) in [6.45, 7) is 0. The average Bonchev–Trinajstić information content (AvgIpc) is 3.28. The molecule has 0 spiro atoms. The maximum Gasteiger partial charge on any atom is 2.00 e. The van der Waals surface area contributed by atoms with Gasteiger partial charge in [0, 0.05) is 0 Å². The van der Waals surface area contributed by atoms with E-state index in [9.17, 15) is 17.3 Å². The van der Waals surface area contributed by atoms with Crippen LogP contribution < -0.4 is 40.2 Å². The molecule has 0 aromatic rings. The first kappa shape index (κ1) is 116. The number of rotatable bonds is 0. The fraction of sp³-hybridized carbons (Fsp3) is 0.500. The van der Waals surface area contributed by atoms with Crippen LogP contribution in [0.15, 0.2) is 146 Å². The second-order valence-electron chi connectivity index (χ2n) is 17.1. The Kier molecular flexibility index (Phi) is 147. The quantitative estimate of drug-likeness (QED) is 0.0993. The van der Waals surface area contributed by atoms with E-state index in [1.165, 1.54) is 154 Å². The van der Waals surface area contributed by atoms with E-state index < -0.39 is 29.6 Å². The topological polar surface area (TPSA) is 184 Å². The van der Waals surface area contributed by atoms with E-state index in [0.717, 1.165) is 51.4 Å². The summed E-state index contributed by atoms with van der Waals surface area (Å²) in [5.74, 6) is 0. The smallest absolute Gasteiger partial charge is 0.867 e. The normalized spacial score (nSPS) is 18.7. The zero-order valence-electron chi connectivity index (χ0n) is 50.2. The van der Waals surface area contributed by atoms with Gasteiger partial charge in [0.2, 0.25) is 0 Å². The minimum Gasteiger partial charge on any atom is -0.867 e. The van der Waals surface area contributed by atoms with Crippen molar-refractivity contribution in [2.24, 2.45) is 0 Å². The van der Waals surface area contributed by atoms with Crippen molar-refractivity contribution in [3.05, 3.63) is 194 Å². The van der Waals surface area contributed by atoms with Crippen LogP contribution in [0.5, 0.6) is 0 Å². The zero-order chi connectivity index (χ0) is 59.6. The van der Waals surface area contributed by atoms with E-state index in [-0.39, 0.29) is 156 Å². The summed E-state index contributed by atoms with van der Waals surface area (Å²) in [5.41, 5.74) is 0. The zero-order valence-corrected chi connectivity index (χ0v) is 63.3. The standard InChI is InChI=1S/8C8H11.4BFO2.8Rh/c8*1-2-4-6-8-7-5-3-1;4*2-1(3)4;;;;;;;;/h8*1-2,7H,3-6H2;;;;;;;;;;;;/q8*-1;4*-2;8*+2/b8*2-1-;;;;;;;;;;;;. The fourth-order valence-electron chi connectivity index (χ4n) is 6.29. The molecule has 8 aliphatic rings. The van der Waals surface area contributed by atoms with Crippen LogP contribution in [0, 0.1) is 48.6 Å². The first-order valence-electron chi connectivity index (χ1n) is 28.4. The molecule has 0 fully saturated rings. The van der Waals surface area contributed by atoms with Gasteiger partial charge in [-0.25, -0.2) is 0 Å². The molecule has 0 aromatic heterocycles. The number of hydrogen-bond donors (Lipinski definition) is 0. The molecule has 8 aliphatic carbocycles. The van der Waals surface area contributed by atoms with Crippen LogP contribution in [-0.2, 0) is 156 Å². The molecular weight excluding hydrogens is 1840 g/mol. The predicted molar refractivity (Wildman–Crippen MR) is 311 cm³/mol. The molecule has 0 atom stereocenters. The van der Waals surface area contributed by atoms with Gasteiger partial charge in [-0.15, -0.1) is 0 Å². The van der Waals surface area contributed by atoms with Gasteiger partial charge in [-0.05, 0) is 51.4 Å². The van der Waals surface area contributed by atoms with E-state index in [1.54, 1.807) is 0 Å². The molecule has 0 saturated carbocycles. The summed E-state index contributed by atoms with van der Waals surface area (Å²) < 4.78 is 39.6. The third kappa shape index (κ3) is 152. The second kappa shape index (κ2) is 112. The molecule has 8 radical (unpaired) electrons. The summed E-state index contributed by atoms with van der Waals surface area (Å²) in [6.07, 6.45) is 116. The van der Waals surface area contributed by atoms with Crippen LogP contribution in [0.1, 0.15) is 205 Å². The molecule has 88 heavy (non-hydrogen) atoms. The van der Waals surface area contributed by atoms with E-state index in [2.05, 4.69) is 194 Å². The predicted octanol–water partition coefficient (Wildman–Crippen LogP) is 10.4. The largest absolute Gasteiger partial charge is 2.00 e. The van der Waals surface area contributed by atoms with E-state index in [0.29, 0.717) is 0 Å². The van der Waals surface area contributed by atoms with Crippen LogP contribution in [-0.4, -0.2) is 29.6 Å². The number of halogens is 4. The van der Waals surface area contributed by atoms with Crippen molar-refractivity contribution < 1.29 is 213 Å². The summed E-state index contributed by atoms with van der Waals surface area (Å²) in [5, 5.41) is 66.4. The second-order valence-corrected chi connectivity index (χ2v) is 17.1. The molecule has 0 heterocycles. The molecule has 0 amide bonds. The molecule has 0 unspecified atom stereocenters. The Labute approximate surface area is 636 Å². The van der Waals surface area contributed by atoms with Gasteiger partial charge in [-0.3, -0.25) is 48.6 Å². The van der Waals surface area contributed by atoms with Gasteiger partial charge in [0.25, 0.3) is 0 Å². The first-order valence-corrected chi connectivity index (χ1v) is 28.4. The molecule has 0 bridgehead atoms. The van der Waals surface area contributed by atoms with Crippen molar-refractivity contribution in [2.75, 3.05) is 0 Å². The van der Waals surface area contributed by atoms with Gasteiger partial charge >= 0.3 is 156 Å². The first-order chi connectivity index (χ1) is 38.9. The van der Waals surface area contributed by atoms with E-state index in [4.69, 9.17) is 40.2 Å². The van der Waals surface area contributed by atoms with E-state index in [1.807, 2.05) is 0 Å². The Morgan fingerprint density at radius 2 is 0.250 bits per heavy atom. The van der Waals surface area contributed by atoms with Gasteiger partial charge in [0.15, 0.2) is 0 Å². The van der Waals surface area contributed by atoms with Gasteiger partial charge < -0.3 is 106 Å². The monoisotopic (exact) mass is 1930 g/mol. The maximum atomic E-state index is 9.89. The molecule has 504 valence electrons. The number of hydrogen-bond acceptors (Lipinski definition) is 8. The fourth-order valence-corrected chi connectivity index (χ4v) is 6.29. The maximum absolute atomic E-state index is 9.89. The number of allylic oxidation sites excluding steroid dienone is 32. The van der Waals surface area contributed by atoms with Gasteiger partial charge in [0.1, 0.15) is 29.6 Å². The van der Waals surface area contributed by atoms with E-state index >= 15 is 0 Å². The molecular formula is C64H88B4F4O8Rh8. The third-order valence-corrected chi connectivity index (χ3v) is 9.95. The Morgan fingerprint density at radius 1 is 0.170 bits per heavy atom. The van der Waals surface area contributed by atoms with Crippen molar-refractivity contribution in [1.29, 1.82) is 0 Å². The van der Waals surface area contributed by atoms with Crippen LogP contribution >= 0.6 is 0 Å². The van der Waals surface area contributed by atoms with Gasteiger partial charge in [-0.2, -0.15) is 51.4 Å². The Balaban J connectivity index is -0.0000000717. The van der Waals surface area contributed by atoms with Crippen LogP contribution in [0.2, 0.25) is 0 Å².